The van der Waals surface area contributed by atoms with Crippen LogP contribution in [0.25, 0.3) is 0 Å². The summed E-state index contributed by atoms with van der Waals surface area (Å²) in [6.07, 6.45) is 3.84. The highest BCUT2D eigenvalue weighted by Crippen LogP contribution is 2.29. The molecule has 0 radical (unpaired) electrons. The van der Waals surface area contributed by atoms with Gasteiger partial charge in [0.15, 0.2) is 0 Å². The summed E-state index contributed by atoms with van der Waals surface area (Å²) in [6, 6.07) is 6.01. The minimum absolute atomic E-state index is 0.554. The van der Waals surface area contributed by atoms with Crippen molar-refractivity contribution < 1.29 is 0 Å². The molecule has 1 aromatic rings. The van der Waals surface area contributed by atoms with Crippen LogP contribution >= 0.6 is 23.2 Å². The zero-order chi connectivity index (χ0) is 12.3. The lowest BCUT2D eigenvalue weighted by Crippen LogP contribution is -2.25. The van der Waals surface area contributed by atoms with Crippen LogP contribution in [0.4, 0.5) is 5.69 Å². The molecule has 0 amide bonds. The van der Waals surface area contributed by atoms with Gasteiger partial charge in [-0.2, -0.15) is 0 Å². The van der Waals surface area contributed by atoms with Gasteiger partial charge < -0.3 is 4.90 Å². The van der Waals surface area contributed by atoms with E-state index in [1.54, 1.807) is 0 Å². The van der Waals surface area contributed by atoms with Crippen LogP contribution in [0.3, 0.4) is 0 Å². The van der Waals surface area contributed by atoms with Crippen molar-refractivity contribution in [3.05, 3.63) is 28.8 Å². The molecule has 1 aliphatic rings. The van der Waals surface area contributed by atoms with Gasteiger partial charge in [0.25, 0.3) is 0 Å². The van der Waals surface area contributed by atoms with Gasteiger partial charge >= 0.3 is 0 Å². The molecule has 2 rings (SSSR count). The van der Waals surface area contributed by atoms with Crippen molar-refractivity contribution in [2.45, 2.75) is 32.1 Å². The number of hydrogen-bond acceptors (Lipinski definition) is 1. The Morgan fingerprint density at radius 2 is 2.12 bits per heavy atom. The normalized spacial score (nSPS) is 21.4. The standard InChI is InChI=1S/C14H19Cl2N/c1-11-3-2-7-17(8-6-11)14-9-13(16)5-4-12(14)10-15/h4-5,9,11H,2-3,6-8,10H2,1H3. The zero-order valence-corrected chi connectivity index (χ0v) is 11.8. The number of rotatable bonds is 2. The summed E-state index contributed by atoms with van der Waals surface area (Å²) in [5.74, 6) is 1.39. The molecule has 94 valence electrons. The van der Waals surface area contributed by atoms with Crippen molar-refractivity contribution in [2.75, 3.05) is 18.0 Å². The molecule has 0 bridgehead atoms. The molecule has 17 heavy (non-hydrogen) atoms. The largest absolute Gasteiger partial charge is 0.371 e. The Labute approximate surface area is 114 Å². The second kappa shape index (κ2) is 5.97. The average Bonchev–Trinajstić information content (AvgIpc) is 2.54. The number of benzene rings is 1. The highest BCUT2D eigenvalue weighted by molar-refractivity contribution is 6.31. The number of anilines is 1. The highest BCUT2D eigenvalue weighted by atomic mass is 35.5. The molecule has 0 N–H and O–H groups in total. The smallest absolute Gasteiger partial charge is 0.0494 e. The summed E-state index contributed by atoms with van der Waals surface area (Å²) in [7, 11) is 0. The summed E-state index contributed by atoms with van der Waals surface area (Å²) in [5, 5.41) is 0.797. The molecule has 1 atom stereocenters. The average molecular weight is 272 g/mol. The van der Waals surface area contributed by atoms with E-state index < -0.39 is 0 Å². The Hall–Kier alpha value is -0.400. The maximum atomic E-state index is 6.09. The van der Waals surface area contributed by atoms with E-state index in [4.69, 9.17) is 23.2 Å². The molecule has 0 saturated carbocycles. The van der Waals surface area contributed by atoms with Gasteiger partial charge in [-0.15, -0.1) is 11.6 Å². The number of halogens is 2. The minimum atomic E-state index is 0.554. The third kappa shape index (κ3) is 3.29. The Morgan fingerprint density at radius 1 is 1.29 bits per heavy atom. The first kappa shape index (κ1) is 13.0. The summed E-state index contributed by atoms with van der Waals surface area (Å²) in [4.78, 5) is 2.44. The molecule has 0 aliphatic carbocycles. The van der Waals surface area contributed by atoms with Crippen molar-refractivity contribution in [1.29, 1.82) is 0 Å². The molecular weight excluding hydrogens is 253 g/mol. The molecule has 0 aromatic heterocycles. The van der Waals surface area contributed by atoms with Crippen LogP contribution in [-0.4, -0.2) is 13.1 Å². The second-order valence-corrected chi connectivity index (χ2v) is 5.63. The summed E-state index contributed by atoms with van der Waals surface area (Å²) < 4.78 is 0. The van der Waals surface area contributed by atoms with E-state index in [-0.39, 0.29) is 0 Å². The van der Waals surface area contributed by atoms with E-state index in [1.165, 1.54) is 30.5 Å². The number of hydrogen-bond donors (Lipinski definition) is 0. The van der Waals surface area contributed by atoms with E-state index in [0.29, 0.717) is 5.88 Å². The Kier molecular flexibility index (Phi) is 4.58. The predicted molar refractivity (Wildman–Crippen MR) is 76.2 cm³/mol. The molecule has 1 aliphatic heterocycles. The maximum absolute atomic E-state index is 6.09. The van der Waals surface area contributed by atoms with Gasteiger partial charge in [0.05, 0.1) is 0 Å². The van der Waals surface area contributed by atoms with E-state index in [0.717, 1.165) is 24.0 Å². The fourth-order valence-corrected chi connectivity index (χ4v) is 2.84. The Balaban J connectivity index is 2.22. The van der Waals surface area contributed by atoms with E-state index in [2.05, 4.69) is 17.9 Å². The van der Waals surface area contributed by atoms with Gasteiger partial charge in [0.1, 0.15) is 0 Å². The van der Waals surface area contributed by atoms with Crippen molar-refractivity contribution in [3.63, 3.8) is 0 Å². The predicted octanol–water partition coefficient (Wildman–Crippen LogP) is 4.71. The third-order valence-corrected chi connectivity index (χ3v) is 4.07. The lowest BCUT2D eigenvalue weighted by molar-refractivity contribution is 0.521. The van der Waals surface area contributed by atoms with Gasteiger partial charge in [-0.25, -0.2) is 0 Å². The Bertz CT molecular complexity index is 378. The molecule has 1 aromatic carbocycles. The third-order valence-electron chi connectivity index (χ3n) is 3.55. The van der Waals surface area contributed by atoms with Crippen LogP contribution < -0.4 is 4.90 Å². The van der Waals surface area contributed by atoms with Crippen molar-refractivity contribution in [2.24, 2.45) is 5.92 Å². The van der Waals surface area contributed by atoms with Gasteiger partial charge in [-0.05, 0) is 42.9 Å². The van der Waals surface area contributed by atoms with Crippen molar-refractivity contribution >= 4 is 28.9 Å². The fraction of sp³-hybridized carbons (Fsp3) is 0.571. The topological polar surface area (TPSA) is 3.24 Å². The summed E-state index contributed by atoms with van der Waals surface area (Å²) in [6.45, 7) is 4.57. The van der Waals surface area contributed by atoms with Crippen molar-refractivity contribution in [3.8, 4) is 0 Å². The number of nitrogens with zero attached hydrogens (tertiary/aromatic N) is 1. The van der Waals surface area contributed by atoms with Crippen LogP contribution in [0.15, 0.2) is 18.2 Å². The molecule has 1 nitrogen and oxygen atoms in total. The van der Waals surface area contributed by atoms with E-state index in [1.807, 2.05) is 12.1 Å². The molecule has 1 fully saturated rings. The lowest BCUT2D eigenvalue weighted by Gasteiger charge is -2.25. The minimum Gasteiger partial charge on any atom is -0.371 e. The fourth-order valence-electron chi connectivity index (χ4n) is 2.45. The van der Waals surface area contributed by atoms with Crippen LogP contribution in [0.2, 0.25) is 5.02 Å². The van der Waals surface area contributed by atoms with E-state index in [9.17, 15) is 0 Å². The second-order valence-electron chi connectivity index (χ2n) is 4.93. The monoisotopic (exact) mass is 271 g/mol. The van der Waals surface area contributed by atoms with Crippen molar-refractivity contribution in [1.82, 2.24) is 0 Å². The molecule has 0 spiro atoms. The first-order valence-electron chi connectivity index (χ1n) is 6.30. The Morgan fingerprint density at radius 3 is 2.88 bits per heavy atom. The molecule has 3 heteroatoms. The quantitative estimate of drug-likeness (QED) is 0.705. The highest BCUT2D eigenvalue weighted by Gasteiger charge is 2.16. The SMILES string of the molecule is CC1CCCN(c2cc(Cl)ccc2CCl)CC1. The first-order valence-corrected chi connectivity index (χ1v) is 7.21. The molecule has 1 unspecified atom stereocenters. The van der Waals surface area contributed by atoms with Gasteiger partial charge in [-0.1, -0.05) is 24.6 Å². The molecule has 1 saturated heterocycles. The van der Waals surface area contributed by atoms with Crippen LogP contribution in [-0.2, 0) is 5.88 Å². The van der Waals surface area contributed by atoms with Gasteiger partial charge in [0, 0.05) is 29.7 Å². The van der Waals surface area contributed by atoms with Gasteiger partial charge in [0.2, 0.25) is 0 Å². The molecular formula is C14H19Cl2N. The summed E-state index contributed by atoms with van der Waals surface area (Å²) in [5.41, 5.74) is 2.41. The maximum Gasteiger partial charge on any atom is 0.0494 e. The number of alkyl halides is 1. The molecule has 1 heterocycles. The zero-order valence-electron chi connectivity index (χ0n) is 10.3. The lowest BCUT2D eigenvalue weighted by atomic mass is 10.0. The van der Waals surface area contributed by atoms with Gasteiger partial charge in [-0.3, -0.25) is 0 Å². The van der Waals surface area contributed by atoms with Crippen LogP contribution in [0.1, 0.15) is 31.7 Å². The van der Waals surface area contributed by atoms with E-state index >= 15 is 0 Å². The first-order chi connectivity index (χ1) is 8.20. The van der Waals surface area contributed by atoms with Crippen LogP contribution in [0.5, 0.6) is 0 Å². The van der Waals surface area contributed by atoms with Crippen LogP contribution in [0, 0.1) is 5.92 Å². The summed E-state index contributed by atoms with van der Waals surface area (Å²) >= 11 is 12.1.